The predicted molar refractivity (Wildman–Crippen MR) is 96.8 cm³/mol. The Morgan fingerprint density at radius 2 is 1.92 bits per heavy atom. The van der Waals surface area contributed by atoms with E-state index in [2.05, 4.69) is 34.7 Å². The highest BCUT2D eigenvalue weighted by Gasteiger charge is 2.28. The Morgan fingerprint density at radius 1 is 1.20 bits per heavy atom. The zero-order chi connectivity index (χ0) is 18.0. The van der Waals surface area contributed by atoms with Crippen LogP contribution in [0, 0.1) is 0 Å². The average Bonchev–Trinajstić information content (AvgIpc) is 2.91. The van der Waals surface area contributed by atoms with Crippen LogP contribution in [0.3, 0.4) is 0 Å². The van der Waals surface area contributed by atoms with Crippen LogP contribution < -0.4 is 10.6 Å². The molecule has 0 saturated carbocycles. The van der Waals surface area contributed by atoms with Crippen molar-refractivity contribution in [3.05, 3.63) is 29.8 Å². The van der Waals surface area contributed by atoms with Crippen molar-refractivity contribution >= 4 is 9.84 Å². The third kappa shape index (κ3) is 4.58. The molecule has 2 saturated heterocycles. The van der Waals surface area contributed by atoms with Gasteiger partial charge in [0.1, 0.15) is 6.23 Å². The van der Waals surface area contributed by atoms with Crippen molar-refractivity contribution in [1.29, 1.82) is 0 Å². The first kappa shape index (κ1) is 18.8. The number of hydrogen-bond donors (Lipinski definition) is 2. The maximum Gasteiger partial charge on any atom is 0.175 e. The molecular weight excluding hydrogens is 340 g/mol. The maximum atomic E-state index is 11.6. The van der Waals surface area contributed by atoms with Crippen LogP contribution in [0.2, 0.25) is 0 Å². The number of ether oxygens (including phenoxy) is 1. The van der Waals surface area contributed by atoms with Gasteiger partial charge >= 0.3 is 0 Å². The van der Waals surface area contributed by atoms with Crippen molar-refractivity contribution in [2.45, 2.75) is 29.6 Å². The van der Waals surface area contributed by atoms with E-state index in [1.807, 2.05) is 12.1 Å². The minimum atomic E-state index is -3.16. The molecule has 2 aliphatic heterocycles. The van der Waals surface area contributed by atoms with Gasteiger partial charge in [-0.15, -0.1) is 0 Å². The van der Waals surface area contributed by atoms with Gasteiger partial charge in [-0.1, -0.05) is 12.1 Å². The van der Waals surface area contributed by atoms with Crippen molar-refractivity contribution in [2.75, 3.05) is 46.6 Å². The molecule has 140 valence electrons. The normalized spacial score (nSPS) is 29.2. The average molecular weight is 369 g/mol. The third-order valence-corrected chi connectivity index (χ3v) is 6.25. The lowest BCUT2D eigenvalue weighted by Gasteiger charge is -2.33. The smallest absolute Gasteiger partial charge is 0.175 e. The summed E-state index contributed by atoms with van der Waals surface area (Å²) in [5.74, 6) is 0. The molecule has 0 amide bonds. The Kier molecular flexibility index (Phi) is 5.77. The molecule has 2 fully saturated rings. The van der Waals surface area contributed by atoms with Gasteiger partial charge in [0.15, 0.2) is 9.84 Å². The molecule has 3 unspecified atom stereocenters. The fourth-order valence-corrected chi connectivity index (χ4v) is 3.98. The number of piperazine rings is 1. The van der Waals surface area contributed by atoms with Crippen molar-refractivity contribution < 1.29 is 13.2 Å². The van der Waals surface area contributed by atoms with Crippen molar-refractivity contribution in [3.8, 4) is 0 Å². The number of rotatable bonds is 5. The second-order valence-corrected chi connectivity index (χ2v) is 8.95. The SMILES string of the molecule is CN1CCC(COC2CNCC(c3ccc(S(C)(=O)=O)cc3)N2)N1C. The summed E-state index contributed by atoms with van der Waals surface area (Å²) >= 11 is 0. The molecular formula is C17H28N4O3S. The Morgan fingerprint density at radius 3 is 2.52 bits per heavy atom. The molecule has 1 aromatic rings. The molecule has 8 heteroatoms. The Hall–Kier alpha value is -1.03. The molecule has 0 aromatic heterocycles. The van der Waals surface area contributed by atoms with E-state index in [1.165, 1.54) is 6.26 Å². The van der Waals surface area contributed by atoms with Crippen LogP contribution in [0.1, 0.15) is 18.0 Å². The number of nitrogens with one attached hydrogen (secondary N) is 2. The van der Waals surface area contributed by atoms with Crippen molar-refractivity contribution in [3.63, 3.8) is 0 Å². The van der Waals surface area contributed by atoms with Crippen LogP contribution in [0.25, 0.3) is 0 Å². The Bertz CT molecular complexity index is 680. The molecule has 0 aliphatic carbocycles. The van der Waals surface area contributed by atoms with Gasteiger partial charge in [0.25, 0.3) is 0 Å². The van der Waals surface area contributed by atoms with E-state index in [-0.39, 0.29) is 12.3 Å². The van der Waals surface area contributed by atoms with Crippen LogP contribution in [0.4, 0.5) is 0 Å². The summed E-state index contributed by atoms with van der Waals surface area (Å²) < 4.78 is 29.2. The zero-order valence-corrected chi connectivity index (χ0v) is 15.9. The molecule has 0 bridgehead atoms. The highest BCUT2D eigenvalue weighted by atomic mass is 32.2. The number of hydrogen-bond acceptors (Lipinski definition) is 7. The molecule has 2 heterocycles. The first-order chi connectivity index (χ1) is 11.8. The van der Waals surface area contributed by atoms with Gasteiger partial charge in [0, 0.05) is 52.1 Å². The van der Waals surface area contributed by atoms with Crippen LogP contribution in [0.15, 0.2) is 29.2 Å². The van der Waals surface area contributed by atoms with Gasteiger partial charge in [0.2, 0.25) is 0 Å². The van der Waals surface area contributed by atoms with Gasteiger partial charge < -0.3 is 10.1 Å². The molecule has 25 heavy (non-hydrogen) atoms. The summed E-state index contributed by atoms with van der Waals surface area (Å²) in [6, 6.07) is 7.60. The lowest BCUT2D eigenvalue weighted by Crippen LogP contribution is -2.52. The third-order valence-electron chi connectivity index (χ3n) is 5.12. The number of benzene rings is 1. The summed E-state index contributed by atoms with van der Waals surface area (Å²) in [5, 5.41) is 11.4. The highest BCUT2D eigenvalue weighted by Crippen LogP contribution is 2.20. The lowest BCUT2D eigenvalue weighted by molar-refractivity contribution is -0.0397. The van der Waals surface area contributed by atoms with E-state index in [0.717, 1.165) is 31.6 Å². The summed E-state index contributed by atoms with van der Waals surface area (Å²) in [7, 11) is 1.03. The first-order valence-corrected chi connectivity index (χ1v) is 10.6. The molecule has 2 aliphatic rings. The fourth-order valence-electron chi connectivity index (χ4n) is 3.35. The van der Waals surface area contributed by atoms with Crippen molar-refractivity contribution in [2.24, 2.45) is 0 Å². The van der Waals surface area contributed by atoms with E-state index >= 15 is 0 Å². The van der Waals surface area contributed by atoms with E-state index in [4.69, 9.17) is 4.74 Å². The highest BCUT2D eigenvalue weighted by molar-refractivity contribution is 7.90. The number of nitrogens with zero attached hydrogens (tertiary/aromatic N) is 2. The van der Waals surface area contributed by atoms with Gasteiger partial charge in [-0.3, -0.25) is 5.32 Å². The van der Waals surface area contributed by atoms with Gasteiger partial charge in [0.05, 0.1) is 11.5 Å². The van der Waals surface area contributed by atoms with E-state index in [1.54, 1.807) is 12.1 Å². The number of sulfone groups is 1. The first-order valence-electron chi connectivity index (χ1n) is 8.67. The van der Waals surface area contributed by atoms with E-state index in [9.17, 15) is 8.42 Å². The van der Waals surface area contributed by atoms with Gasteiger partial charge in [-0.25, -0.2) is 18.4 Å². The predicted octanol–water partition coefficient (Wildman–Crippen LogP) is 0.218. The van der Waals surface area contributed by atoms with E-state index < -0.39 is 9.84 Å². The molecule has 3 rings (SSSR count). The molecule has 7 nitrogen and oxygen atoms in total. The molecule has 0 radical (unpaired) electrons. The van der Waals surface area contributed by atoms with Crippen LogP contribution in [-0.2, 0) is 14.6 Å². The minimum Gasteiger partial charge on any atom is -0.360 e. The minimum absolute atomic E-state index is 0.0485. The second kappa shape index (κ2) is 7.69. The number of hydrazine groups is 1. The fraction of sp³-hybridized carbons (Fsp3) is 0.647. The summed E-state index contributed by atoms with van der Waals surface area (Å²) in [6.45, 7) is 3.32. The standard InChI is InChI=1S/C17H28N4O3S/c1-20-9-8-14(21(20)2)12-24-17-11-18-10-16(19-17)13-4-6-15(7-5-13)25(3,22)23/h4-7,14,16-19H,8-12H2,1-3H3. The maximum absolute atomic E-state index is 11.6. The largest absolute Gasteiger partial charge is 0.360 e. The van der Waals surface area contributed by atoms with Crippen LogP contribution in [-0.4, -0.2) is 77.3 Å². The Labute approximate surface area is 150 Å². The topological polar surface area (TPSA) is 73.9 Å². The molecule has 2 N–H and O–H groups in total. The Balaban J connectivity index is 1.56. The molecule has 0 spiro atoms. The summed E-state index contributed by atoms with van der Waals surface area (Å²) in [5.41, 5.74) is 1.06. The zero-order valence-electron chi connectivity index (χ0n) is 15.1. The second-order valence-electron chi connectivity index (χ2n) is 6.94. The monoisotopic (exact) mass is 368 g/mol. The van der Waals surface area contributed by atoms with Gasteiger partial charge in [-0.05, 0) is 24.1 Å². The summed E-state index contributed by atoms with van der Waals surface area (Å²) in [4.78, 5) is 0.348. The van der Waals surface area contributed by atoms with Crippen molar-refractivity contribution in [1.82, 2.24) is 20.7 Å². The molecule has 3 atom stereocenters. The van der Waals surface area contributed by atoms with Gasteiger partial charge in [-0.2, -0.15) is 0 Å². The van der Waals surface area contributed by atoms with E-state index in [0.29, 0.717) is 17.5 Å². The van der Waals surface area contributed by atoms with Crippen LogP contribution >= 0.6 is 0 Å². The quantitative estimate of drug-likeness (QED) is 0.770. The lowest BCUT2D eigenvalue weighted by atomic mass is 10.1. The molecule has 1 aromatic carbocycles. The summed E-state index contributed by atoms with van der Waals surface area (Å²) in [6.07, 6.45) is 2.29. The van der Waals surface area contributed by atoms with Crippen LogP contribution in [0.5, 0.6) is 0 Å². The number of likely N-dealkylation sites (N-methyl/N-ethyl adjacent to an activating group) is 1.